The van der Waals surface area contributed by atoms with E-state index in [0.29, 0.717) is 0 Å². The molecule has 0 aliphatic carbocycles. The third-order valence-electron chi connectivity index (χ3n) is 1.24. The Balaban J connectivity index is 0.00000144. The maximum absolute atomic E-state index is 10.4. The number of nitrogens with zero attached hydrogens (tertiary/aromatic N) is 1. The normalized spacial score (nSPS) is 8.62. The zero-order chi connectivity index (χ0) is 9.14. The zero-order valence-electron chi connectivity index (χ0n) is 6.30. The van der Waals surface area contributed by atoms with Gasteiger partial charge in [0.25, 0.3) is 0 Å². The average Bonchev–Trinajstić information content (AvgIpc) is 2.04. The SMILES string of the molecule is Cl.O=C(O)c1cccnc1C(=O)O. The van der Waals surface area contributed by atoms with Crippen LogP contribution < -0.4 is 0 Å². The minimum atomic E-state index is -1.34. The maximum Gasteiger partial charge on any atom is 0.355 e. The van der Waals surface area contributed by atoms with Crippen LogP contribution in [0.1, 0.15) is 20.8 Å². The summed E-state index contributed by atoms with van der Waals surface area (Å²) < 4.78 is 0. The van der Waals surface area contributed by atoms with Gasteiger partial charge in [0, 0.05) is 6.20 Å². The minimum absolute atomic E-state index is 0. The van der Waals surface area contributed by atoms with E-state index in [1.165, 1.54) is 18.3 Å². The summed E-state index contributed by atoms with van der Waals surface area (Å²) in [5, 5.41) is 17.0. The van der Waals surface area contributed by atoms with Gasteiger partial charge in [0.15, 0.2) is 5.69 Å². The molecule has 1 aromatic rings. The summed E-state index contributed by atoms with van der Waals surface area (Å²) >= 11 is 0. The van der Waals surface area contributed by atoms with Gasteiger partial charge in [-0.25, -0.2) is 14.6 Å². The molecule has 0 radical (unpaired) electrons. The molecule has 6 heteroatoms. The quantitative estimate of drug-likeness (QED) is 0.746. The van der Waals surface area contributed by atoms with Gasteiger partial charge in [0.05, 0.1) is 5.56 Å². The van der Waals surface area contributed by atoms with E-state index < -0.39 is 17.6 Å². The van der Waals surface area contributed by atoms with Crippen molar-refractivity contribution in [1.29, 1.82) is 0 Å². The molecule has 0 unspecified atom stereocenters. The number of carboxylic acids is 2. The van der Waals surface area contributed by atoms with Gasteiger partial charge in [-0.2, -0.15) is 0 Å². The Hall–Kier alpha value is -1.62. The third-order valence-corrected chi connectivity index (χ3v) is 1.24. The number of hydrogen-bond acceptors (Lipinski definition) is 3. The zero-order valence-corrected chi connectivity index (χ0v) is 7.11. The van der Waals surface area contributed by atoms with Gasteiger partial charge in [0.1, 0.15) is 0 Å². The van der Waals surface area contributed by atoms with Crippen LogP contribution in [0.15, 0.2) is 18.3 Å². The van der Waals surface area contributed by atoms with Crippen molar-refractivity contribution in [2.75, 3.05) is 0 Å². The van der Waals surface area contributed by atoms with E-state index in [4.69, 9.17) is 10.2 Å². The molecule has 70 valence electrons. The molecule has 0 aromatic carbocycles. The van der Waals surface area contributed by atoms with Gasteiger partial charge in [-0.15, -0.1) is 12.4 Å². The van der Waals surface area contributed by atoms with Gasteiger partial charge < -0.3 is 10.2 Å². The molecule has 2 N–H and O–H groups in total. The van der Waals surface area contributed by atoms with E-state index in [0.717, 1.165) is 0 Å². The maximum atomic E-state index is 10.4. The van der Waals surface area contributed by atoms with Crippen LogP contribution in [-0.2, 0) is 0 Å². The van der Waals surface area contributed by atoms with E-state index in [-0.39, 0.29) is 18.0 Å². The first-order chi connectivity index (χ1) is 5.63. The molecule has 0 saturated heterocycles. The number of aromatic carboxylic acids is 2. The van der Waals surface area contributed by atoms with Crippen LogP contribution in [0.4, 0.5) is 0 Å². The first-order valence-corrected chi connectivity index (χ1v) is 3.04. The number of carbonyl (C=O) groups is 2. The summed E-state index contributed by atoms with van der Waals surface area (Å²) in [5.41, 5.74) is -0.741. The molecule has 13 heavy (non-hydrogen) atoms. The number of aromatic nitrogens is 1. The average molecular weight is 204 g/mol. The van der Waals surface area contributed by atoms with Crippen molar-refractivity contribution < 1.29 is 19.8 Å². The van der Waals surface area contributed by atoms with Crippen molar-refractivity contribution in [1.82, 2.24) is 4.98 Å². The summed E-state index contributed by atoms with van der Waals surface area (Å²) in [6.07, 6.45) is 1.23. The van der Waals surface area contributed by atoms with E-state index in [1.54, 1.807) is 0 Å². The number of pyridine rings is 1. The molecular formula is C7H6ClNO4. The first-order valence-electron chi connectivity index (χ1n) is 3.04. The van der Waals surface area contributed by atoms with Crippen molar-refractivity contribution in [3.63, 3.8) is 0 Å². The van der Waals surface area contributed by atoms with E-state index in [2.05, 4.69) is 4.98 Å². The van der Waals surface area contributed by atoms with Crippen LogP contribution in [0.3, 0.4) is 0 Å². The number of halogens is 1. The van der Waals surface area contributed by atoms with Crippen LogP contribution in [-0.4, -0.2) is 27.1 Å². The predicted molar refractivity (Wildman–Crippen MR) is 45.4 cm³/mol. The van der Waals surface area contributed by atoms with Gasteiger partial charge in [0.2, 0.25) is 0 Å². The lowest BCUT2D eigenvalue weighted by molar-refractivity contribution is 0.0646. The highest BCUT2D eigenvalue weighted by Crippen LogP contribution is 2.04. The molecule has 5 nitrogen and oxygen atoms in total. The lowest BCUT2D eigenvalue weighted by atomic mass is 10.2. The largest absolute Gasteiger partial charge is 0.478 e. The molecule has 0 spiro atoms. The van der Waals surface area contributed by atoms with Crippen LogP contribution in [0.2, 0.25) is 0 Å². The van der Waals surface area contributed by atoms with Crippen LogP contribution in [0.25, 0.3) is 0 Å². The molecule has 1 heterocycles. The summed E-state index contributed by atoms with van der Waals surface area (Å²) in [5.74, 6) is -2.63. The van der Waals surface area contributed by atoms with Crippen molar-refractivity contribution in [3.8, 4) is 0 Å². The van der Waals surface area contributed by atoms with Crippen LogP contribution in [0, 0.1) is 0 Å². The van der Waals surface area contributed by atoms with Gasteiger partial charge in [-0.1, -0.05) is 0 Å². The van der Waals surface area contributed by atoms with Crippen LogP contribution >= 0.6 is 12.4 Å². The lowest BCUT2D eigenvalue weighted by Crippen LogP contribution is -2.09. The van der Waals surface area contributed by atoms with Crippen molar-refractivity contribution in [2.45, 2.75) is 0 Å². The van der Waals surface area contributed by atoms with Crippen molar-refractivity contribution in [2.24, 2.45) is 0 Å². The molecule has 0 saturated carbocycles. The van der Waals surface area contributed by atoms with E-state index in [9.17, 15) is 9.59 Å². The van der Waals surface area contributed by atoms with Gasteiger partial charge >= 0.3 is 11.9 Å². The Labute approximate surface area is 79.4 Å². The molecule has 1 aromatic heterocycles. The number of carboxylic acid groups (broad SMARTS) is 2. The molecule has 0 amide bonds. The number of rotatable bonds is 2. The van der Waals surface area contributed by atoms with E-state index >= 15 is 0 Å². The summed E-state index contributed by atoms with van der Waals surface area (Å²) in [4.78, 5) is 24.2. The fourth-order valence-corrected chi connectivity index (χ4v) is 0.748. The monoisotopic (exact) mass is 203 g/mol. The molecule has 0 fully saturated rings. The van der Waals surface area contributed by atoms with Crippen molar-refractivity contribution >= 4 is 24.3 Å². The summed E-state index contributed by atoms with van der Waals surface area (Å²) in [7, 11) is 0. The van der Waals surface area contributed by atoms with Crippen molar-refractivity contribution in [3.05, 3.63) is 29.6 Å². The summed E-state index contributed by atoms with van der Waals surface area (Å²) in [6.45, 7) is 0. The third kappa shape index (κ3) is 2.41. The first kappa shape index (κ1) is 11.4. The van der Waals surface area contributed by atoms with E-state index in [1.807, 2.05) is 0 Å². The lowest BCUT2D eigenvalue weighted by Gasteiger charge is -1.97. The second kappa shape index (κ2) is 4.42. The minimum Gasteiger partial charge on any atom is -0.478 e. The van der Waals surface area contributed by atoms with Gasteiger partial charge in [-0.05, 0) is 12.1 Å². The number of hydrogen-bond donors (Lipinski definition) is 2. The Morgan fingerprint density at radius 3 is 2.23 bits per heavy atom. The Kier molecular flexibility index (Phi) is 3.87. The molecular weight excluding hydrogens is 198 g/mol. The highest BCUT2D eigenvalue weighted by atomic mass is 35.5. The molecule has 0 atom stereocenters. The molecule has 0 aliphatic heterocycles. The van der Waals surface area contributed by atoms with Crippen LogP contribution in [0.5, 0.6) is 0 Å². The smallest absolute Gasteiger partial charge is 0.355 e. The second-order valence-corrected chi connectivity index (χ2v) is 2.01. The fourth-order valence-electron chi connectivity index (χ4n) is 0.748. The fraction of sp³-hybridized carbons (Fsp3) is 0. The topological polar surface area (TPSA) is 87.5 Å². The second-order valence-electron chi connectivity index (χ2n) is 2.01. The Morgan fingerprint density at radius 1 is 1.23 bits per heavy atom. The summed E-state index contributed by atoms with van der Waals surface area (Å²) in [6, 6.07) is 2.56. The predicted octanol–water partition coefficient (Wildman–Crippen LogP) is 0.900. The Morgan fingerprint density at radius 2 is 1.85 bits per heavy atom. The standard InChI is InChI=1S/C7H5NO4.ClH/c9-6(10)4-2-1-3-8-5(4)7(11)12;/h1-3H,(H,9,10)(H,11,12);1H. The Bertz CT molecular complexity index is 306. The molecule has 1 rings (SSSR count). The highest BCUT2D eigenvalue weighted by molar-refractivity contribution is 5.99. The highest BCUT2D eigenvalue weighted by Gasteiger charge is 2.15. The molecule has 0 bridgehead atoms. The molecule has 0 aliphatic rings. The van der Waals surface area contributed by atoms with Gasteiger partial charge in [-0.3, -0.25) is 0 Å².